The SMILES string of the molecule is Cn1cnnc1CNc1ccc2cnccc2c1N. The van der Waals surface area contributed by atoms with Gasteiger partial charge in [-0.2, -0.15) is 0 Å². The van der Waals surface area contributed by atoms with Crippen molar-refractivity contribution in [2.45, 2.75) is 6.54 Å². The number of nitrogens with zero attached hydrogens (tertiary/aromatic N) is 4. The van der Waals surface area contributed by atoms with Gasteiger partial charge in [0.1, 0.15) is 6.33 Å². The van der Waals surface area contributed by atoms with E-state index in [1.807, 2.05) is 29.8 Å². The van der Waals surface area contributed by atoms with Crippen molar-refractivity contribution in [2.24, 2.45) is 7.05 Å². The minimum atomic E-state index is 0.581. The van der Waals surface area contributed by atoms with Gasteiger partial charge in [-0.05, 0) is 12.1 Å². The average molecular weight is 254 g/mol. The Morgan fingerprint density at radius 2 is 2.21 bits per heavy atom. The van der Waals surface area contributed by atoms with Crippen LogP contribution in [0, 0.1) is 0 Å². The number of rotatable bonds is 3. The molecule has 0 saturated carbocycles. The topological polar surface area (TPSA) is 81.7 Å². The molecule has 0 bridgehead atoms. The molecule has 2 aromatic heterocycles. The standard InChI is InChI=1S/C13H14N6/c1-19-8-17-18-12(19)7-16-11-3-2-9-6-15-5-4-10(9)13(11)14/h2-6,8,16H,7,14H2,1H3. The zero-order chi connectivity index (χ0) is 13.2. The Balaban J connectivity index is 1.89. The lowest BCUT2D eigenvalue weighted by molar-refractivity contribution is 0.812. The van der Waals surface area contributed by atoms with Crippen LogP contribution in [-0.2, 0) is 13.6 Å². The quantitative estimate of drug-likeness (QED) is 0.693. The Kier molecular flexibility index (Phi) is 2.75. The third-order valence-corrected chi connectivity index (χ3v) is 3.10. The van der Waals surface area contributed by atoms with E-state index in [2.05, 4.69) is 20.5 Å². The largest absolute Gasteiger partial charge is 0.397 e. The van der Waals surface area contributed by atoms with Crippen LogP contribution >= 0.6 is 0 Å². The van der Waals surface area contributed by atoms with Crippen LogP contribution in [0.15, 0.2) is 36.9 Å². The molecule has 0 aliphatic heterocycles. The number of hydrogen-bond donors (Lipinski definition) is 2. The number of pyridine rings is 1. The number of hydrogen-bond acceptors (Lipinski definition) is 5. The third kappa shape index (κ3) is 2.08. The second-order valence-electron chi connectivity index (χ2n) is 4.34. The van der Waals surface area contributed by atoms with Crippen molar-refractivity contribution in [1.29, 1.82) is 0 Å². The van der Waals surface area contributed by atoms with E-state index in [1.54, 1.807) is 18.7 Å². The monoisotopic (exact) mass is 254 g/mol. The molecule has 6 nitrogen and oxygen atoms in total. The van der Waals surface area contributed by atoms with Crippen molar-refractivity contribution in [3.05, 3.63) is 42.7 Å². The van der Waals surface area contributed by atoms with Crippen LogP contribution < -0.4 is 11.1 Å². The molecule has 0 atom stereocenters. The van der Waals surface area contributed by atoms with Crippen LogP contribution in [-0.4, -0.2) is 19.7 Å². The van der Waals surface area contributed by atoms with Gasteiger partial charge in [-0.25, -0.2) is 0 Å². The van der Waals surface area contributed by atoms with Gasteiger partial charge in [0.2, 0.25) is 0 Å². The van der Waals surface area contributed by atoms with Gasteiger partial charge in [0.15, 0.2) is 5.82 Å². The lowest BCUT2D eigenvalue weighted by Crippen LogP contribution is -2.07. The van der Waals surface area contributed by atoms with Crippen molar-refractivity contribution < 1.29 is 0 Å². The number of aryl methyl sites for hydroxylation is 1. The Morgan fingerprint density at radius 1 is 1.32 bits per heavy atom. The molecule has 0 radical (unpaired) electrons. The van der Waals surface area contributed by atoms with Gasteiger partial charge in [-0.3, -0.25) is 4.98 Å². The molecule has 0 saturated heterocycles. The fourth-order valence-corrected chi connectivity index (χ4v) is 1.99. The summed E-state index contributed by atoms with van der Waals surface area (Å²) in [5.74, 6) is 0.856. The van der Waals surface area contributed by atoms with Crippen LogP contribution in [0.1, 0.15) is 5.82 Å². The number of nitrogens with two attached hydrogens (primary N) is 1. The fraction of sp³-hybridized carbons (Fsp3) is 0.154. The molecule has 3 N–H and O–H groups in total. The average Bonchev–Trinajstić information content (AvgIpc) is 2.84. The minimum absolute atomic E-state index is 0.581. The van der Waals surface area contributed by atoms with Crippen molar-refractivity contribution >= 4 is 22.1 Å². The highest BCUT2D eigenvalue weighted by molar-refractivity contribution is 5.98. The first-order chi connectivity index (χ1) is 9.25. The molecule has 0 spiro atoms. The Hall–Kier alpha value is -2.63. The van der Waals surface area contributed by atoms with Crippen LogP contribution in [0.25, 0.3) is 10.8 Å². The number of nitrogens with one attached hydrogen (secondary N) is 1. The summed E-state index contributed by atoms with van der Waals surface area (Å²) in [6.45, 7) is 0.581. The molecule has 0 fully saturated rings. The molecule has 0 unspecified atom stereocenters. The summed E-state index contributed by atoms with van der Waals surface area (Å²) in [4.78, 5) is 4.08. The molecular formula is C13H14N6. The van der Waals surface area contributed by atoms with Crippen LogP contribution in [0.5, 0.6) is 0 Å². The minimum Gasteiger partial charge on any atom is -0.397 e. The predicted octanol–water partition coefficient (Wildman–Crippen LogP) is 1.56. The van der Waals surface area contributed by atoms with Crippen molar-refractivity contribution in [3.63, 3.8) is 0 Å². The van der Waals surface area contributed by atoms with E-state index in [1.165, 1.54) is 0 Å². The smallest absolute Gasteiger partial charge is 0.151 e. The van der Waals surface area contributed by atoms with Gasteiger partial charge >= 0.3 is 0 Å². The zero-order valence-corrected chi connectivity index (χ0v) is 10.5. The first-order valence-corrected chi connectivity index (χ1v) is 5.94. The third-order valence-electron chi connectivity index (χ3n) is 3.10. The Labute approximate surface area is 110 Å². The van der Waals surface area contributed by atoms with E-state index in [0.717, 1.165) is 28.0 Å². The maximum Gasteiger partial charge on any atom is 0.151 e. The molecule has 0 amide bonds. The summed E-state index contributed by atoms with van der Waals surface area (Å²) in [6.07, 6.45) is 5.22. The maximum atomic E-state index is 6.16. The molecule has 3 rings (SSSR count). The Bertz CT molecular complexity index is 718. The van der Waals surface area contributed by atoms with Crippen LogP contribution in [0.3, 0.4) is 0 Å². The highest BCUT2D eigenvalue weighted by atomic mass is 15.3. The number of nitrogen functional groups attached to an aromatic ring is 1. The highest BCUT2D eigenvalue weighted by Crippen LogP contribution is 2.28. The molecule has 6 heteroatoms. The normalized spacial score (nSPS) is 10.8. The van der Waals surface area contributed by atoms with Gasteiger partial charge < -0.3 is 15.6 Å². The van der Waals surface area contributed by atoms with Crippen LogP contribution in [0.4, 0.5) is 11.4 Å². The predicted molar refractivity (Wildman–Crippen MR) is 74.5 cm³/mol. The summed E-state index contributed by atoms with van der Waals surface area (Å²) < 4.78 is 1.87. The summed E-state index contributed by atoms with van der Waals surface area (Å²) >= 11 is 0. The van der Waals surface area contributed by atoms with Crippen molar-refractivity contribution in [2.75, 3.05) is 11.1 Å². The van der Waals surface area contributed by atoms with Crippen molar-refractivity contribution in [3.8, 4) is 0 Å². The second-order valence-corrected chi connectivity index (χ2v) is 4.34. The molecule has 1 aromatic carbocycles. The molecule has 3 aromatic rings. The van der Waals surface area contributed by atoms with E-state index in [9.17, 15) is 0 Å². The van der Waals surface area contributed by atoms with E-state index in [-0.39, 0.29) is 0 Å². The molecule has 0 aliphatic rings. The van der Waals surface area contributed by atoms with Gasteiger partial charge in [0.05, 0.1) is 17.9 Å². The van der Waals surface area contributed by atoms with Gasteiger partial charge in [0.25, 0.3) is 0 Å². The van der Waals surface area contributed by atoms with E-state index < -0.39 is 0 Å². The molecular weight excluding hydrogens is 240 g/mol. The second kappa shape index (κ2) is 4.56. The number of anilines is 2. The van der Waals surface area contributed by atoms with E-state index in [4.69, 9.17) is 5.73 Å². The molecule has 96 valence electrons. The first kappa shape index (κ1) is 11.5. The maximum absolute atomic E-state index is 6.16. The summed E-state index contributed by atoms with van der Waals surface area (Å²) in [7, 11) is 1.91. The lowest BCUT2D eigenvalue weighted by atomic mass is 10.1. The number of aromatic nitrogens is 4. The first-order valence-electron chi connectivity index (χ1n) is 5.94. The van der Waals surface area contributed by atoms with Gasteiger partial charge in [-0.15, -0.1) is 10.2 Å². The van der Waals surface area contributed by atoms with E-state index >= 15 is 0 Å². The van der Waals surface area contributed by atoms with E-state index in [0.29, 0.717) is 6.54 Å². The zero-order valence-electron chi connectivity index (χ0n) is 10.5. The summed E-state index contributed by atoms with van der Waals surface area (Å²) in [5, 5.41) is 13.2. The van der Waals surface area contributed by atoms with Crippen molar-refractivity contribution in [1.82, 2.24) is 19.7 Å². The van der Waals surface area contributed by atoms with Gasteiger partial charge in [-0.1, -0.05) is 6.07 Å². The number of fused-ring (bicyclic) bond motifs is 1. The summed E-state index contributed by atoms with van der Waals surface area (Å²) in [6, 6.07) is 5.87. The summed E-state index contributed by atoms with van der Waals surface area (Å²) in [5.41, 5.74) is 7.78. The Morgan fingerprint density at radius 3 is 3.00 bits per heavy atom. The van der Waals surface area contributed by atoms with Gasteiger partial charge in [0, 0.05) is 30.2 Å². The molecule has 0 aliphatic carbocycles. The molecule has 2 heterocycles. The lowest BCUT2D eigenvalue weighted by Gasteiger charge is -2.11. The number of benzene rings is 1. The highest BCUT2D eigenvalue weighted by Gasteiger charge is 2.06. The molecule has 19 heavy (non-hydrogen) atoms. The fourth-order valence-electron chi connectivity index (χ4n) is 1.99. The van der Waals surface area contributed by atoms with Crippen LogP contribution in [0.2, 0.25) is 0 Å².